The lowest BCUT2D eigenvalue weighted by Gasteiger charge is -2.42. The predicted molar refractivity (Wildman–Crippen MR) is 58.7 cm³/mol. The second-order valence-electron chi connectivity index (χ2n) is 4.91. The highest BCUT2D eigenvalue weighted by molar-refractivity contribution is 5.86. The average molecular weight is 223 g/mol. The number of hydrogen-bond donors (Lipinski definition) is 1. The van der Waals surface area contributed by atoms with E-state index in [0.717, 1.165) is 12.8 Å². The van der Waals surface area contributed by atoms with Crippen LogP contribution >= 0.6 is 0 Å². The van der Waals surface area contributed by atoms with Crippen LogP contribution in [0.3, 0.4) is 0 Å². The van der Waals surface area contributed by atoms with E-state index in [0.29, 0.717) is 0 Å². The first-order chi connectivity index (χ1) is 7.52. The fraction of sp³-hybridized carbons (Fsp3) is 0.667. The van der Waals surface area contributed by atoms with Crippen LogP contribution < -0.4 is 0 Å². The van der Waals surface area contributed by atoms with Gasteiger partial charge in [0.1, 0.15) is 0 Å². The smallest absolute Gasteiger partial charge is 0.307 e. The highest BCUT2D eigenvalue weighted by Gasteiger charge is 2.48. The molecule has 0 heterocycles. The Balaban J connectivity index is 2.31. The molecule has 0 spiro atoms. The zero-order valence-corrected chi connectivity index (χ0v) is 9.59. The minimum Gasteiger partial charge on any atom is -0.481 e. The van der Waals surface area contributed by atoms with Crippen LogP contribution in [0.2, 0.25) is 0 Å². The van der Waals surface area contributed by atoms with Crippen molar-refractivity contribution in [2.45, 2.75) is 12.8 Å². The van der Waals surface area contributed by atoms with Gasteiger partial charge in [-0.1, -0.05) is 12.2 Å². The number of carbonyl (C=O) groups excluding carboxylic acids is 1. The molecule has 0 aliphatic heterocycles. The van der Waals surface area contributed by atoms with Crippen LogP contribution in [0.4, 0.5) is 0 Å². The highest BCUT2D eigenvalue weighted by atomic mass is 16.4. The van der Waals surface area contributed by atoms with Crippen LogP contribution in [-0.2, 0) is 9.59 Å². The molecule has 0 radical (unpaired) electrons. The van der Waals surface area contributed by atoms with Crippen LogP contribution in [0.15, 0.2) is 12.2 Å². The molecule has 1 fully saturated rings. The summed E-state index contributed by atoms with van der Waals surface area (Å²) in [6, 6.07) is 0. The molecule has 0 aromatic carbocycles. The molecule has 1 amide bonds. The second kappa shape index (κ2) is 3.92. The topological polar surface area (TPSA) is 57.6 Å². The quantitative estimate of drug-likeness (QED) is 0.710. The lowest BCUT2D eigenvalue weighted by atomic mass is 9.62. The van der Waals surface area contributed by atoms with Gasteiger partial charge >= 0.3 is 5.97 Å². The van der Waals surface area contributed by atoms with Crippen molar-refractivity contribution in [2.75, 3.05) is 14.1 Å². The molecule has 1 saturated carbocycles. The number of aliphatic carboxylic acids is 1. The Morgan fingerprint density at radius 2 is 1.62 bits per heavy atom. The van der Waals surface area contributed by atoms with Crippen molar-refractivity contribution in [3.05, 3.63) is 12.2 Å². The maximum atomic E-state index is 12.0. The van der Waals surface area contributed by atoms with E-state index in [-0.39, 0.29) is 23.7 Å². The molecule has 3 aliphatic rings. The van der Waals surface area contributed by atoms with E-state index in [1.807, 2.05) is 12.2 Å². The Morgan fingerprint density at radius 3 is 2.00 bits per heavy atom. The number of carboxylic acids is 1. The number of hydrogen-bond acceptors (Lipinski definition) is 2. The Kier molecular flexibility index (Phi) is 2.74. The van der Waals surface area contributed by atoms with Gasteiger partial charge in [0.05, 0.1) is 11.8 Å². The highest BCUT2D eigenvalue weighted by Crippen LogP contribution is 2.45. The fourth-order valence-electron chi connectivity index (χ4n) is 2.97. The van der Waals surface area contributed by atoms with E-state index in [2.05, 4.69) is 0 Å². The number of amides is 1. The summed E-state index contributed by atoms with van der Waals surface area (Å²) in [4.78, 5) is 24.8. The van der Waals surface area contributed by atoms with Crippen molar-refractivity contribution in [3.63, 3.8) is 0 Å². The van der Waals surface area contributed by atoms with Gasteiger partial charge < -0.3 is 10.0 Å². The van der Waals surface area contributed by atoms with Crippen molar-refractivity contribution in [2.24, 2.45) is 23.7 Å². The van der Waals surface area contributed by atoms with E-state index in [1.165, 1.54) is 4.90 Å². The van der Waals surface area contributed by atoms with Gasteiger partial charge in [-0.25, -0.2) is 0 Å². The Morgan fingerprint density at radius 1 is 1.12 bits per heavy atom. The average Bonchev–Trinajstić information content (AvgIpc) is 2.28. The van der Waals surface area contributed by atoms with Crippen molar-refractivity contribution in [1.82, 2.24) is 4.90 Å². The third kappa shape index (κ3) is 1.62. The molecule has 4 atom stereocenters. The summed E-state index contributed by atoms with van der Waals surface area (Å²) < 4.78 is 0. The molecule has 16 heavy (non-hydrogen) atoms. The van der Waals surface area contributed by atoms with Gasteiger partial charge in [0, 0.05) is 14.1 Å². The van der Waals surface area contributed by atoms with Gasteiger partial charge in [-0.2, -0.15) is 0 Å². The van der Waals surface area contributed by atoms with Crippen molar-refractivity contribution < 1.29 is 14.7 Å². The van der Waals surface area contributed by atoms with Crippen molar-refractivity contribution in [1.29, 1.82) is 0 Å². The van der Waals surface area contributed by atoms with E-state index < -0.39 is 11.9 Å². The van der Waals surface area contributed by atoms with Crippen LogP contribution in [0.1, 0.15) is 12.8 Å². The molecule has 3 aliphatic carbocycles. The van der Waals surface area contributed by atoms with Crippen LogP contribution in [-0.4, -0.2) is 36.0 Å². The summed E-state index contributed by atoms with van der Waals surface area (Å²) >= 11 is 0. The summed E-state index contributed by atoms with van der Waals surface area (Å²) in [6.07, 6.45) is 5.84. The lowest BCUT2D eigenvalue weighted by Crippen LogP contribution is -2.48. The molecule has 0 aromatic heterocycles. The van der Waals surface area contributed by atoms with Gasteiger partial charge in [0.25, 0.3) is 0 Å². The van der Waals surface area contributed by atoms with Gasteiger partial charge in [-0.15, -0.1) is 0 Å². The molecule has 88 valence electrons. The first-order valence-electron chi connectivity index (χ1n) is 5.64. The number of rotatable bonds is 2. The van der Waals surface area contributed by atoms with Crippen LogP contribution in [0.25, 0.3) is 0 Å². The lowest BCUT2D eigenvalue weighted by molar-refractivity contribution is -0.155. The monoisotopic (exact) mass is 223 g/mol. The standard InChI is InChI=1S/C12H17NO3/c1-13(2)11(14)9-7-3-5-8(6-4-7)10(9)12(15)16/h3,5,7-10H,4,6H2,1-2H3,(H,15,16). The Labute approximate surface area is 94.9 Å². The number of allylic oxidation sites excluding steroid dienone is 2. The minimum atomic E-state index is -0.834. The summed E-state index contributed by atoms with van der Waals surface area (Å²) in [6.45, 7) is 0. The molecule has 0 saturated heterocycles. The zero-order valence-electron chi connectivity index (χ0n) is 9.59. The van der Waals surface area contributed by atoms with E-state index in [4.69, 9.17) is 0 Å². The summed E-state index contributed by atoms with van der Waals surface area (Å²) in [5, 5.41) is 9.26. The maximum absolute atomic E-state index is 12.0. The summed E-state index contributed by atoms with van der Waals surface area (Å²) in [5.74, 6) is -1.63. The molecule has 3 rings (SSSR count). The molecule has 2 bridgehead atoms. The molecular weight excluding hydrogens is 206 g/mol. The fourth-order valence-corrected chi connectivity index (χ4v) is 2.97. The van der Waals surface area contributed by atoms with Crippen LogP contribution in [0, 0.1) is 23.7 Å². The third-order valence-electron chi connectivity index (χ3n) is 3.76. The van der Waals surface area contributed by atoms with E-state index in [1.54, 1.807) is 14.1 Å². The van der Waals surface area contributed by atoms with Crippen molar-refractivity contribution in [3.8, 4) is 0 Å². The second-order valence-corrected chi connectivity index (χ2v) is 4.91. The molecule has 4 unspecified atom stereocenters. The molecule has 4 nitrogen and oxygen atoms in total. The Bertz CT molecular complexity index is 348. The Hall–Kier alpha value is -1.32. The van der Waals surface area contributed by atoms with E-state index >= 15 is 0 Å². The number of carboxylic acid groups (broad SMARTS) is 1. The van der Waals surface area contributed by atoms with Gasteiger partial charge in [0.15, 0.2) is 0 Å². The normalized spacial score (nSPS) is 36.1. The summed E-state index contributed by atoms with van der Waals surface area (Å²) in [7, 11) is 3.38. The molecule has 0 aromatic rings. The van der Waals surface area contributed by atoms with Gasteiger partial charge in [0.2, 0.25) is 5.91 Å². The minimum absolute atomic E-state index is 0.0383. The van der Waals surface area contributed by atoms with Gasteiger partial charge in [-0.05, 0) is 24.7 Å². The predicted octanol–water partition coefficient (Wildman–Crippen LogP) is 0.988. The molecular formula is C12H17NO3. The molecule has 4 heteroatoms. The van der Waals surface area contributed by atoms with Crippen LogP contribution in [0.5, 0.6) is 0 Å². The van der Waals surface area contributed by atoms with Crippen molar-refractivity contribution >= 4 is 11.9 Å². The van der Waals surface area contributed by atoms with Gasteiger partial charge in [-0.3, -0.25) is 9.59 Å². The van der Waals surface area contributed by atoms with E-state index in [9.17, 15) is 14.7 Å². The third-order valence-corrected chi connectivity index (χ3v) is 3.76. The number of fused-ring (bicyclic) bond motifs is 2. The maximum Gasteiger partial charge on any atom is 0.307 e. The number of carbonyl (C=O) groups is 2. The first kappa shape index (κ1) is 11.2. The molecule has 1 N–H and O–H groups in total. The largest absolute Gasteiger partial charge is 0.481 e. The number of nitrogens with zero attached hydrogens (tertiary/aromatic N) is 1. The zero-order chi connectivity index (χ0) is 11.9. The SMILES string of the molecule is CN(C)C(=O)C1C2C=CC(CC2)C1C(=O)O. The summed E-state index contributed by atoms with van der Waals surface area (Å²) in [5.41, 5.74) is 0. The first-order valence-corrected chi connectivity index (χ1v) is 5.64.